The van der Waals surface area contributed by atoms with Gasteiger partial charge in [0, 0.05) is 18.9 Å². The van der Waals surface area contributed by atoms with Gasteiger partial charge in [-0.3, -0.25) is 4.79 Å². The lowest BCUT2D eigenvalue weighted by Gasteiger charge is -2.24. The van der Waals surface area contributed by atoms with Crippen molar-refractivity contribution >= 4 is 11.6 Å². The third kappa shape index (κ3) is 2.24. The van der Waals surface area contributed by atoms with Crippen LogP contribution in [0, 0.1) is 12.7 Å². The highest BCUT2D eigenvalue weighted by atomic mass is 19.1. The molecule has 0 unspecified atom stereocenters. The monoisotopic (exact) mass is 315 g/mol. The van der Waals surface area contributed by atoms with Crippen LogP contribution >= 0.6 is 0 Å². The molecule has 6 heteroatoms. The number of aromatic nitrogens is 2. The minimum absolute atomic E-state index is 0.00466. The number of amides is 1. The first-order valence-corrected chi connectivity index (χ1v) is 7.97. The van der Waals surface area contributed by atoms with Crippen LogP contribution in [-0.4, -0.2) is 22.6 Å². The summed E-state index contributed by atoms with van der Waals surface area (Å²) in [5.74, 6) is 0.177. The van der Waals surface area contributed by atoms with Crippen LogP contribution < -0.4 is 4.90 Å². The zero-order valence-electron chi connectivity index (χ0n) is 13.0. The molecular formula is C17H18FN3O2. The zero-order chi connectivity index (χ0) is 16.0. The van der Waals surface area contributed by atoms with Crippen molar-refractivity contribution in [3.8, 4) is 0 Å². The predicted molar refractivity (Wildman–Crippen MR) is 81.6 cm³/mol. The molecule has 0 saturated heterocycles. The van der Waals surface area contributed by atoms with E-state index in [0.717, 1.165) is 31.2 Å². The number of fused-ring (bicyclic) bond motifs is 2. The zero-order valence-corrected chi connectivity index (χ0v) is 13.0. The lowest BCUT2D eigenvalue weighted by molar-refractivity contribution is -0.118. The predicted octanol–water partition coefficient (Wildman–Crippen LogP) is 2.92. The van der Waals surface area contributed by atoms with E-state index in [0.29, 0.717) is 18.1 Å². The number of nitrogens with zero attached hydrogens (tertiary/aromatic N) is 3. The molecule has 1 aromatic heterocycles. The quantitative estimate of drug-likeness (QED) is 0.855. The number of carbonyl (C=O) groups is 1. The maximum Gasteiger partial charge on any atom is 0.236 e. The van der Waals surface area contributed by atoms with E-state index in [2.05, 4.69) is 10.2 Å². The number of anilines is 1. The highest BCUT2D eigenvalue weighted by molar-refractivity contribution is 5.97. The summed E-state index contributed by atoms with van der Waals surface area (Å²) in [5, 5.41) is 7.60. The lowest BCUT2D eigenvalue weighted by Crippen LogP contribution is -2.36. The van der Waals surface area contributed by atoms with Gasteiger partial charge < -0.3 is 9.32 Å². The Morgan fingerprint density at radius 3 is 2.83 bits per heavy atom. The van der Waals surface area contributed by atoms with Crippen LogP contribution in [0.3, 0.4) is 0 Å². The van der Waals surface area contributed by atoms with E-state index in [1.807, 2.05) is 6.07 Å². The Morgan fingerprint density at radius 2 is 2.13 bits per heavy atom. The van der Waals surface area contributed by atoms with Gasteiger partial charge in [-0.25, -0.2) is 4.39 Å². The van der Waals surface area contributed by atoms with Gasteiger partial charge in [0.2, 0.25) is 17.7 Å². The number of aryl methyl sites for hydroxylation is 1. The van der Waals surface area contributed by atoms with Crippen LogP contribution in [-0.2, 0) is 16.6 Å². The number of benzene rings is 1. The van der Waals surface area contributed by atoms with Crippen LogP contribution in [0.25, 0.3) is 0 Å². The average Bonchev–Trinajstić information content (AvgIpc) is 3.22. The first kappa shape index (κ1) is 14.4. The van der Waals surface area contributed by atoms with Gasteiger partial charge in [0.25, 0.3) is 0 Å². The largest absolute Gasteiger partial charge is 0.425 e. The summed E-state index contributed by atoms with van der Waals surface area (Å²) in [5.41, 5.74) is 1.33. The van der Waals surface area contributed by atoms with E-state index in [1.54, 1.807) is 17.9 Å². The summed E-state index contributed by atoms with van der Waals surface area (Å²) in [6.45, 7) is 2.23. The van der Waals surface area contributed by atoms with E-state index in [-0.39, 0.29) is 29.5 Å². The van der Waals surface area contributed by atoms with Crippen molar-refractivity contribution in [2.75, 3.05) is 11.4 Å². The van der Waals surface area contributed by atoms with Crippen LogP contribution in [0.5, 0.6) is 0 Å². The molecule has 2 aromatic rings. The Kier molecular flexibility index (Phi) is 3.21. The number of rotatable bonds is 2. The van der Waals surface area contributed by atoms with Gasteiger partial charge in [-0.15, -0.1) is 10.2 Å². The van der Waals surface area contributed by atoms with Crippen LogP contribution in [0.15, 0.2) is 22.6 Å². The molecule has 120 valence electrons. The third-order valence-electron chi connectivity index (χ3n) is 5.02. The molecule has 1 spiro atoms. The van der Waals surface area contributed by atoms with Crippen molar-refractivity contribution in [3.63, 3.8) is 0 Å². The van der Waals surface area contributed by atoms with Gasteiger partial charge in [0.05, 0.1) is 5.69 Å². The van der Waals surface area contributed by atoms with Crippen molar-refractivity contribution in [1.29, 1.82) is 0 Å². The maximum atomic E-state index is 14.4. The number of carbonyl (C=O) groups excluding carboxylic acids is 1. The first-order chi connectivity index (χ1) is 11.1. The van der Waals surface area contributed by atoms with Crippen molar-refractivity contribution < 1.29 is 13.6 Å². The van der Waals surface area contributed by atoms with E-state index in [4.69, 9.17) is 4.42 Å². The number of halogens is 1. The van der Waals surface area contributed by atoms with Crippen LogP contribution in [0.2, 0.25) is 0 Å². The Balaban J connectivity index is 1.69. The average molecular weight is 315 g/mol. The van der Waals surface area contributed by atoms with E-state index in [1.165, 1.54) is 6.07 Å². The van der Waals surface area contributed by atoms with Gasteiger partial charge in [0.1, 0.15) is 12.2 Å². The summed E-state index contributed by atoms with van der Waals surface area (Å²) in [6, 6.07) is 5.13. The number of hydrogen-bond donors (Lipinski definition) is 0. The van der Waals surface area contributed by atoms with Gasteiger partial charge in [0.15, 0.2) is 0 Å². The summed E-state index contributed by atoms with van der Waals surface area (Å²) >= 11 is 0. The number of para-hydroxylation sites is 1. The van der Waals surface area contributed by atoms with Gasteiger partial charge in [-0.2, -0.15) is 0 Å². The molecule has 0 N–H and O–H groups in total. The van der Waals surface area contributed by atoms with Gasteiger partial charge >= 0.3 is 0 Å². The summed E-state index contributed by atoms with van der Waals surface area (Å²) < 4.78 is 19.7. The fourth-order valence-corrected chi connectivity index (χ4v) is 4.01. The highest BCUT2D eigenvalue weighted by Crippen LogP contribution is 2.51. The fourth-order valence-electron chi connectivity index (χ4n) is 4.01. The van der Waals surface area contributed by atoms with Gasteiger partial charge in [-0.05, 0) is 24.5 Å². The minimum Gasteiger partial charge on any atom is -0.425 e. The molecule has 1 fully saturated rings. The third-order valence-corrected chi connectivity index (χ3v) is 5.02. The molecule has 1 saturated carbocycles. The molecule has 1 aromatic carbocycles. The smallest absolute Gasteiger partial charge is 0.236 e. The van der Waals surface area contributed by atoms with Crippen molar-refractivity contribution in [2.45, 2.75) is 44.4 Å². The fraction of sp³-hybridized carbons (Fsp3) is 0.471. The SMILES string of the molecule is Cc1nnc(CC(=O)N2CC3(CCCC3)c3cccc(F)c32)o1. The second-order valence-electron chi connectivity index (χ2n) is 6.49. The van der Waals surface area contributed by atoms with E-state index in [9.17, 15) is 9.18 Å². The van der Waals surface area contributed by atoms with Crippen LogP contribution in [0.4, 0.5) is 10.1 Å². The molecule has 0 atom stereocenters. The number of hydrogen-bond acceptors (Lipinski definition) is 4. The lowest BCUT2D eigenvalue weighted by atomic mass is 9.81. The van der Waals surface area contributed by atoms with Gasteiger partial charge in [-0.1, -0.05) is 25.0 Å². The highest BCUT2D eigenvalue weighted by Gasteiger charge is 2.47. The molecule has 23 heavy (non-hydrogen) atoms. The van der Waals surface area contributed by atoms with E-state index >= 15 is 0 Å². The molecule has 1 amide bonds. The molecule has 5 nitrogen and oxygen atoms in total. The Labute approximate surface area is 133 Å². The summed E-state index contributed by atoms with van der Waals surface area (Å²) in [6.07, 6.45) is 4.27. The topological polar surface area (TPSA) is 59.2 Å². The minimum atomic E-state index is -0.332. The van der Waals surface area contributed by atoms with Crippen molar-refractivity contribution in [1.82, 2.24) is 10.2 Å². The molecule has 4 rings (SSSR count). The molecule has 0 radical (unpaired) electrons. The second-order valence-corrected chi connectivity index (χ2v) is 6.49. The van der Waals surface area contributed by atoms with Crippen LogP contribution in [0.1, 0.15) is 43.0 Å². The standard InChI is InChI=1S/C17H18FN3O2/c1-11-19-20-14(23-11)9-15(22)21-10-17(7-2-3-8-17)12-5-4-6-13(18)16(12)21/h4-6H,2-3,7-10H2,1H3. The Bertz CT molecular complexity index is 765. The molecule has 2 aliphatic rings. The van der Waals surface area contributed by atoms with E-state index < -0.39 is 0 Å². The molecule has 0 bridgehead atoms. The molecule has 2 heterocycles. The maximum absolute atomic E-state index is 14.4. The molecule has 1 aliphatic carbocycles. The summed E-state index contributed by atoms with van der Waals surface area (Å²) in [4.78, 5) is 14.3. The Morgan fingerprint density at radius 1 is 1.35 bits per heavy atom. The second kappa shape index (κ2) is 5.15. The van der Waals surface area contributed by atoms with Crippen molar-refractivity contribution in [2.24, 2.45) is 0 Å². The molecular weight excluding hydrogens is 297 g/mol. The first-order valence-electron chi connectivity index (χ1n) is 7.97. The Hall–Kier alpha value is -2.24. The molecule has 1 aliphatic heterocycles. The van der Waals surface area contributed by atoms with Crippen molar-refractivity contribution in [3.05, 3.63) is 41.4 Å². The normalized spacial score (nSPS) is 18.6. The summed E-state index contributed by atoms with van der Waals surface area (Å²) in [7, 11) is 0.